The summed E-state index contributed by atoms with van der Waals surface area (Å²) in [5.74, 6) is -0.490. The van der Waals surface area contributed by atoms with Crippen molar-refractivity contribution in [3.63, 3.8) is 0 Å². The molecule has 1 atom stereocenters. The molecule has 1 aliphatic heterocycles. The minimum absolute atomic E-state index is 0.0143. The molecule has 114 valence electrons. The summed E-state index contributed by atoms with van der Waals surface area (Å²) < 4.78 is 0.703. The molecule has 0 aromatic carbocycles. The Hall–Kier alpha value is -1.33. The normalized spacial score (nSPS) is 19.1. The summed E-state index contributed by atoms with van der Waals surface area (Å²) in [5.41, 5.74) is 0. The Morgan fingerprint density at radius 3 is 2.95 bits per heavy atom. The molecule has 1 fully saturated rings. The van der Waals surface area contributed by atoms with Crippen molar-refractivity contribution in [2.24, 2.45) is 5.92 Å². The molecule has 1 aliphatic rings. The third-order valence-electron chi connectivity index (χ3n) is 3.58. The third kappa shape index (κ3) is 5.17. The van der Waals surface area contributed by atoms with Gasteiger partial charge >= 0.3 is 5.97 Å². The van der Waals surface area contributed by atoms with E-state index in [-0.39, 0.29) is 12.3 Å². The molecule has 0 saturated carbocycles. The van der Waals surface area contributed by atoms with Crippen LogP contribution in [0.3, 0.4) is 0 Å². The first-order valence-electron chi connectivity index (χ1n) is 6.98. The number of carbonyl (C=O) groups excluding carboxylic acids is 1. The van der Waals surface area contributed by atoms with Crippen molar-refractivity contribution in [1.29, 1.82) is 0 Å². The molecule has 0 bridgehead atoms. The van der Waals surface area contributed by atoms with Gasteiger partial charge in [0.1, 0.15) is 0 Å². The summed E-state index contributed by atoms with van der Waals surface area (Å²) in [6.45, 7) is 1.40. The number of carboxylic acid groups (broad SMARTS) is 1. The van der Waals surface area contributed by atoms with E-state index in [1.165, 1.54) is 11.3 Å². The van der Waals surface area contributed by atoms with E-state index < -0.39 is 5.97 Å². The van der Waals surface area contributed by atoms with Gasteiger partial charge in [0.05, 0.1) is 4.34 Å². The second-order valence-electron chi connectivity index (χ2n) is 5.20. The minimum atomic E-state index is -0.770. The summed E-state index contributed by atoms with van der Waals surface area (Å²) in [6.07, 6.45) is 6.11. The Morgan fingerprint density at radius 2 is 2.29 bits per heavy atom. The molecular weight excluding hydrogens is 310 g/mol. The Bertz CT molecular complexity index is 541. The van der Waals surface area contributed by atoms with Crippen LogP contribution >= 0.6 is 22.9 Å². The quantitative estimate of drug-likeness (QED) is 0.842. The predicted octanol–water partition coefficient (Wildman–Crippen LogP) is 3.52. The first-order valence-corrected chi connectivity index (χ1v) is 8.18. The van der Waals surface area contributed by atoms with Gasteiger partial charge in [-0.2, -0.15) is 0 Å². The number of likely N-dealkylation sites (tertiary alicyclic amines) is 1. The molecule has 1 N–H and O–H groups in total. The number of piperidine rings is 1. The summed E-state index contributed by atoms with van der Waals surface area (Å²) >= 11 is 7.28. The summed E-state index contributed by atoms with van der Waals surface area (Å²) in [6, 6.07) is 3.68. The lowest BCUT2D eigenvalue weighted by atomic mass is 9.93. The lowest BCUT2D eigenvalue weighted by Gasteiger charge is -2.31. The standard InChI is InChI=1S/C15H18ClNO3S/c16-13-6-4-12(21-13)5-7-14(18)17-9-1-2-11(10-17)3-8-15(19)20/h4-7,11H,1-3,8-10H2,(H,19,20)/b7-5-/t11-/m0/s1. The molecule has 2 heterocycles. The van der Waals surface area contributed by atoms with Gasteiger partial charge in [0.2, 0.25) is 5.91 Å². The Balaban J connectivity index is 1.86. The first-order chi connectivity index (χ1) is 10.0. The van der Waals surface area contributed by atoms with E-state index in [0.717, 1.165) is 24.3 Å². The molecular formula is C15H18ClNO3S. The second-order valence-corrected chi connectivity index (χ2v) is 6.95. The van der Waals surface area contributed by atoms with Crippen LogP contribution in [0.4, 0.5) is 0 Å². The maximum absolute atomic E-state index is 12.2. The van der Waals surface area contributed by atoms with Gasteiger partial charge in [-0.15, -0.1) is 11.3 Å². The van der Waals surface area contributed by atoms with Gasteiger partial charge in [-0.05, 0) is 43.4 Å². The monoisotopic (exact) mass is 327 g/mol. The van der Waals surface area contributed by atoms with Gasteiger partial charge in [0.15, 0.2) is 0 Å². The van der Waals surface area contributed by atoms with Crippen LogP contribution in [0.1, 0.15) is 30.6 Å². The van der Waals surface area contributed by atoms with Gasteiger partial charge in [0.25, 0.3) is 0 Å². The zero-order chi connectivity index (χ0) is 15.2. The predicted molar refractivity (Wildman–Crippen MR) is 84.5 cm³/mol. The number of carbonyl (C=O) groups is 2. The van der Waals surface area contributed by atoms with Crippen molar-refractivity contribution in [3.05, 3.63) is 27.4 Å². The molecule has 0 spiro atoms. The van der Waals surface area contributed by atoms with Crippen LogP contribution in [0.5, 0.6) is 0 Å². The SMILES string of the molecule is O=C(O)CC[C@@H]1CCCN(C(=O)/C=C\c2ccc(Cl)s2)C1. The van der Waals surface area contributed by atoms with Crippen LogP contribution in [-0.4, -0.2) is 35.0 Å². The van der Waals surface area contributed by atoms with E-state index in [9.17, 15) is 9.59 Å². The number of hydrogen-bond acceptors (Lipinski definition) is 3. The largest absolute Gasteiger partial charge is 0.481 e. The number of amides is 1. The van der Waals surface area contributed by atoms with Gasteiger partial charge in [0, 0.05) is 30.5 Å². The van der Waals surface area contributed by atoms with Gasteiger partial charge in [-0.3, -0.25) is 9.59 Å². The third-order valence-corrected chi connectivity index (χ3v) is 4.78. The van der Waals surface area contributed by atoms with Crippen LogP contribution in [0, 0.1) is 5.92 Å². The van der Waals surface area contributed by atoms with E-state index in [4.69, 9.17) is 16.7 Å². The topological polar surface area (TPSA) is 57.6 Å². The van der Waals surface area contributed by atoms with Crippen molar-refractivity contribution in [1.82, 2.24) is 4.90 Å². The Morgan fingerprint density at radius 1 is 1.48 bits per heavy atom. The molecule has 2 rings (SSSR count). The number of halogens is 1. The Labute approximate surface area is 133 Å². The van der Waals surface area contributed by atoms with E-state index in [1.54, 1.807) is 18.2 Å². The average Bonchev–Trinajstić information content (AvgIpc) is 2.88. The maximum atomic E-state index is 12.2. The van der Waals surface area contributed by atoms with Crippen LogP contribution in [0.25, 0.3) is 6.08 Å². The fraction of sp³-hybridized carbons (Fsp3) is 0.467. The van der Waals surface area contributed by atoms with Crippen molar-refractivity contribution < 1.29 is 14.7 Å². The summed E-state index contributed by atoms with van der Waals surface area (Å²) in [4.78, 5) is 25.5. The van der Waals surface area contributed by atoms with Crippen LogP contribution in [-0.2, 0) is 9.59 Å². The van der Waals surface area contributed by atoms with Gasteiger partial charge < -0.3 is 10.0 Å². The lowest BCUT2D eigenvalue weighted by molar-refractivity contribution is -0.137. The number of nitrogens with zero attached hydrogens (tertiary/aromatic N) is 1. The smallest absolute Gasteiger partial charge is 0.303 e. The van der Waals surface area contributed by atoms with Crippen LogP contribution in [0.15, 0.2) is 18.2 Å². The molecule has 0 unspecified atom stereocenters. The van der Waals surface area contributed by atoms with E-state index >= 15 is 0 Å². The average molecular weight is 328 g/mol. The highest BCUT2D eigenvalue weighted by Gasteiger charge is 2.22. The zero-order valence-electron chi connectivity index (χ0n) is 11.6. The van der Waals surface area contributed by atoms with E-state index in [2.05, 4.69) is 0 Å². The number of aliphatic carboxylic acids is 1. The van der Waals surface area contributed by atoms with E-state index in [1.807, 2.05) is 11.0 Å². The van der Waals surface area contributed by atoms with E-state index in [0.29, 0.717) is 23.2 Å². The fourth-order valence-electron chi connectivity index (χ4n) is 2.51. The number of carboxylic acids is 1. The summed E-state index contributed by atoms with van der Waals surface area (Å²) in [5, 5.41) is 8.73. The van der Waals surface area contributed by atoms with Crippen LogP contribution < -0.4 is 0 Å². The fourth-order valence-corrected chi connectivity index (χ4v) is 3.47. The Kier molecular flexibility index (Phi) is 5.82. The van der Waals surface area contributed by atoms with Gasteiger partial charge in [-0.1, -0.05) is 11.6 Å². The second kappa shape index (κ2) is 7.61. The molecule has 0 aliphatic carbocycles. The number of hydrogen-bond donors (Lipinski definition) is 1. The van der Waals surface area contributed by atoms with Crippen LogP contribution in [0.2, 0.25) is 4.34 Å². The van der Waals surface area contributed by atoms with Crippen molar-refractivity contribution in [3.8, 4) is 0 Å². The molecule has 4 nitrogen and oxygen atoms in total. The first kappa shape index (κ1) is 16.0. The number of thiophene rings is 1. The molecule has 1 saturated heterocycles. The highest BCUT2D eigenvalue weighted by molar-refractivity contribution is 7.17. The molecule has 21 heavy (non-hydrogen) atoms. The summed E-state index contributed by atoms with van der Waals surface area (Å²) in [7, 11) is 0. The molecule has 6 heteroatoms. The lowest BCUT2D eigenvalue weighted by Crippen LogP contribution is -2.39. The zero-order valence-corrected chi connectivity index (χ0v) is 13.2. The highest BCUT2D eigenvalue weighted by Crippen LogP contribution is 2.23. The molecule has 1 amide bonds. The molecule has 1 aromatic heterocycles. The minimum Gasteiger partial charge on any atom is -0.481 e. The molecule has 0 radical (unpaired) electrons. The number of rotatable bonds is 5. The van der Waals surface area contributed by atoms with Gasteiger partial charge in [-0.25, -0.2) is 0 Å². The van der Waals surface area contributed by atoms with Crippen molar-refractivity contribution in [2.75, 3.05) is 13.1 Å². The maximum Gasteiger partial charge on any atom is 0.303 e. The molecule has 1 aromatic rings. The highest BCUT2D eigenvalue weighted by atomic mass is 35.5. The van der Waals surface area contributed by atoms with Crippen molar-refractivity contribution in [2.45, 2.75) is 25.7 Å². The van der Waals surface area contributed by atoms with Crippen molar-refractivity contribution >= 4 is 40.9 Å².